The Balaban J connectivity index is 2.63. The number of rotatable bonds is 5. The minimum Gasteiger partial charge on any atom is -0.372 e. The molecule has 0 N–H and O–H groups in total. The second-order valence-electron chi connectivity index (χ2n) is 8.50. The molecule has 1 fully saturated rings. The van der Waals surface area contributed by atoms with Crippen LogP contribution in [0.2, 0.25) is 18.1 Å². The van der Waals surface area contributed by atoms with E-state index in [9.17, 15) is 0 Å². The van der Waals surface area contributed by atoms with Gasteiger partial charge in [-0.1, -0.05) is 90.7 Å². The molecule has 1 heterocycles. The summed E-state index contributed by atoms with van der Waals surface area (Å²) in [5.41, 5.74) is 3.51. The number of allylic oxidation sites excluding steroid dienone is 2. The van der Waals surface area contributed by atoms with Crippen LogP contribution in [0.4, 0.5) is 0 Å². The minimum absolute atomic E-state index is 0.0345. The van der Waals surface area contributed by atoms with E-state index in [0.29, 0.717) is 9.87 Å². The van der Waals surface area contributed by atoms with Gasteiger partial charge >= 0.3 is 0 Å². The predicted octanol–water partition coefficient (Wildman–Crippen LogP) is 7.59. The second kappa shape index (κ2) is 10.9. The van der Waals surface area contributed by atoms with Crippen LogP contribution in [-0.2, 0) is 4.74 Å². The van der Waals surface area contributed by atoms with Gasteiger partial charge in [-0.15, -0.1) is 17.1 Å². The maximum Gasteiger partial charge on any atom is 0.138 e. The summed E-state index contributed by atoms with van der Waals surface area (Å²) >= 11 is 13.9. The van der Waals surface area contributed by atoms with Gasteiger partial charge in [0.05, 0.1) is 17.6 Å². The maximum absolute atomic E-state index is 6.54. The van der Waals surface area contributed by atoms with Crippen molar-refractivity contribution in [1.82, 2.24) is 0 Å². The van der Waals surface area contributed by atoms with E-state index in [2.05, 4.69) is 96.3 Å². The molecular weight excluding hydrogens is 492 g/mol. The molecule has 5 heteroatoms. The third kappa shape index (κ3) is 7.84. The summed E-state index contributed by atoms with van der Waals surface area (Å²) < 4.78 is 7.50. The quantitative estimate of drug-likeness (QED) is 0.204. The van der Waals surface area contributed by atoms with Gasteiger partial charge in [0, 0.05) is 4.83 Å². The second-order valence-corrected chi connectivity index (χ2v) is 16.3. The molecule has 0 unspecified atom stereocenters. The molecule has 0 radical (unpaired) electrons. The van der Waals surface area contributed by atoms with Crippen LogP contribution in [0.3, 0.4) is 0 Å². The van der Waals surface area contributed by atoms with Crippen LogP contribution in [0, 0.1) is 11.5 Å². The Kier molecular flexibility index (Phi) is 10.2. The number of ether oxygens (including phenoxy) is 1. The lowest BCUT2D eigenvalue weighted by molar-refractivity contribution is -0.0370. The molecule has 148 valence electrons. The van der Waals surface area contributed by atoms with Crippen LogP contribution in [0.1, 0.15) is 53.4 Å². The highest BCUT2D eigenvalue weighted by atomic mass is 79.9. The van der Waals surface area contributed by atoms with Gasteiger partial charge in [0.1, 0.15) is 8.07 Å². The Bertz CT molecular complexity index is 569. The Morgan fingerprint density at radius 2 is 1.92 bits per heavy atom. The summed E-state index contributed by atoms with van der Waals surface area (Å²) in [6, 6.07) is 0. The van der Waals surface area contributed by atoms with Crippen LogP contribution in [0.15, 0.2) is 22.7 Å². The van der Waals surface area contributed by atoms with E-state index < -0.39 is 8.07 Å². The molecule has 1 saturated heterocycles. The first-order valence-electron chi connectivity index (χ1n) is 9.43. The van der Waals surface area contributed by atoms with E-state index in [1.807, 2.05) is 6.08 Å². The number of halogens is 3. The first-order valence-corrected chi connectivity index (χ1v) is 14.6. The third-order valence-electron chi connectivity index (χ3n) is 5.35. The van der Waals surface area contributed by atoms with Crippen LogP contribution in [0.5, 0.6) is 0 Å². The monoisotopic (exact) mass is 522 g/mol. The fourth-order valence-electron chi connectivity index (χ4n) is 2.38. The molecule has 0 aromatic carbocycles. The van der Waals surface area contributed by atoms with Crippen molar-refractivity contribution >= 4 is 51.5 Å². The normalized spacial score (nSPS) is 28.1. The zero-order chi connectivity index (χ0) is 20.0. The van der Waals surface area contributed by atoms with Gasteiger partial charge < -0.3 is 4.74 Å². The van der Waals surface area contributed by atoms with Gasteiger partial charge in [-0.05, 0) is 41.3 Å². The van der Waals surface area contributed by atoms with Crippen LogP contribution >= 0.6 is 43.5 Å². The van der Waals surface area contributed by atoms with Gasteiger partial charge in [0.15, 0.2) is 0 Å². The zero-order valence-electron chi connectivity index (χ0n) is 16.9. The van der Waals surface area contributed by atoms with Crippen molar-refractivity contribution in [3.8, 4) is 11.5 Å². The summed E-state index contributed by atoms with van der Waals surface area (Å²) in [6.07, 6.45) is 10.2. The van der Waals surface area contributed by atoms with Crippen LogP contribution < -0.4 is 0 Å². The molecule has 0 aromatic heterocycles. The molecule has 26 heavy (non-hydrogen) atoms. The molecule has 0 aliphatic carbocycles. The highest BCUT2D eigenvalue weighted by molar-refractivity contribution is 9.11. The third-order valence-corrected chi connectivity index (χ3v) is 12.2. The lowest BCUT2D eigenvalue weighted by Crippen LogP contribution is -2.42. The average Bonchev–Trinajstić information content (AvgIpc) is 2.53. The molecule has 1 aliphatic rings. The van der Waals surface area contributed by atoms with Crippen molar-refractivity contribution in [1.29, 1.82) is 0 Å². The van der Waals surface area contributed by atoms with E-state index in [0.717, 1.165) is 25.7 Å². The summed E-state index contributed by atoms with van der Waals surface area (Å²) in [5.74, 6) is 3.26. The fourth-order valence-corrected chi connectivity index (χ4v) is 4.70. The van der Waals surface area contributed by atoms with Crippen LogP contribution in [-0.4, -0.2) is 30.5 Å². The first kappa shape index (κ1) is 24.5. The highest BCUT2D eigenvalue weighted by Crippen LogP contribution is 2.35. The lowest BCUT2D eigenvalue weighted by Gasteiger charge is -2.36. The van der Waals surface area contributed by atoms with Crippen molar-refractivity contribution in [3.63, 3.8) is 0 Å². The first-order chi connectivity index (χ1) is 12.0. The highest BCUT2D eigenvalue weighted by Gasteiger charge is 2.35. The standard InChI is InChI=1S/C21H33Br2ClOSi/c1-7-16(22)12-13-19-17(23)15-18(24)20(25-19)11-9-8-10-14-26(5,6)21(2,3)4/h8-9,12,17-20H,7,11,13,15H2,1-6H3/b9-8+,16-12+/t17-,18+,19-,20+/m1/s1. The average molecular weight is 525 g/mol. The van der Waals surface area contributed by atoms with Crippen LogP contribution in [0.25, 0.3) is 0 Å². The van der Waals surface area contributed by atoms with E-state index in [-0.39, 0.29) is 17.6 Å². The lowest BCUT2D eigenvalue weighted by atomic mass is 9.99. The van der Waals surface area contributed by atoms with Gasteiger partial charge in [0.2, 0.25) is 0 Å². The van der Waals surface area contributed by atoms with Crippen molar-refractivity contribution in [2.24, 2.45) is 0 Å². The molecule has 0 aromatic rings. The van der Waals surface area contributed by atoms with Gasteiger partial charge in [-0.2, -0.15) is 0 Å². The molecule has 0 amide bonds. The van der Waals surface area contributed by atoms with Crippen molar-refractivity contribution in [2.75, 3.05) is 0 Å². The van der Waals surface area contributed by atoms with Crippen molar-refractivity contribution in [2.45, 2.75) is 93.9 Å². The van der Waals surface area contributed by atoms with Gasteiger partial charge in [-0.25, -0.2) is 0 Å². The maximum atomic E-state index is 6.54. The summed E-state index contributed by atoms with van der Waals surface area (Å²) in [6.45, 7) is 13.7. The van der Waals surface area contributed by atoms with E-state index in [4.69, 9.17) is 16.3 Å². The Labute approximate surface area is 183 Å². The smallest absolute Gasteiger partial charge is 0.138 e. The molecule has 4 atom stereocenters. The van der Waals surface area contributed by atoms with E-state index in [1.54, 1.807) is 0 Å². The zero-order valence-corrected chi connectivity index (χ0v) is 21.8. The predicted molar refractivity (Wildman–Crippen MR) is 126 cm³/mol. The topological polar surface area (TPSA) is 9.23 Å². The Morgan fingerprint density at radius 1 is 1.27 bits per heavy atom. The fraction of sp³-hybridized carbons (Fsp3) is 0.714. The molecule has 0 spiro atoms. The summed E-state index contributed by atoms with van der Waals surface area (Å²) in [4.78, 5) is 0.303. The number of alkyl halides is 2. The number of hydrogen-bond acceptors (Lipinski definition) is 1. The molecule has 0 saturated carbocycles. The SMILES string of the molecule is CC/C(Br)=C\C[C@H]1O[C@@H](C/C=C/C#C[Si](C)(C)C(C)(C)C)[C@@H](Cl)C[C@H]1Br. The van der Waals surface area contributed by atoms with Crippen molar-refractivity contribution in [3.05, 3.63) is 22.7 Å². The van der Waals surface area contributed by atoms with Gasteiger partial charge in [0.25, 0.3) is 0 Å². The van der Waals surface area contributed by atoms with E-state index >= 15 is 0 Å². The van der Waals surface area contributed by atoms with Gasteiger partial charge in [-0.3, -0.25) is 0 Å². The molecule has 1 rings (SSSR count). The Morgan fingerprint density at radius 3 is 2.50 bits per heavy atom. The summed E-state index contributed by atoms with van der Waals surface area (Å²) in [7, 11) is -1.54. The Hall–Kier alpha value is 0.467. The summed E-state index contributed by atoms with van der Waals surface area (Å²) in [5, 5.41) is 0.326. The minimum atomic E-state index is -1.54. The molecule has 0 bridgehead atoms. The largest absolute Gasteiger partial charge is 0.372 e. The molecular formula is C21H33Br2ClOSi. The van der Waals surface area contributed by atoms with Crippen molar-refractivity contribution < 1.29 is 4.74 Å². The van der Waals surface area contributed by atoms with E-state index in [1.165, 1.54) is 4.48 Å². The molecule has 1 nitrogen and oxygen atoms in total. The number of hydrogen-bond donors (Lipinski definition) is 0. The molecule has 1 aliphatic heterocycles.